The maximum atomic E-state index is 4.64. The van der Waals surface area contributed by atoms with Gasteiger partial charge in [0.25, 0.3) is 0 Å². The van der Waals surface area contributed by atoms with Crippen molar-refractivity contribution in [2.45, 2.75) is 17.1 Å². The fraction of sp³-hybridized carbons (Fsp3) is 0.211. The Morgan fingerprint density at radius 3 is 2.83 bits per heavy atom. The first-order valence-electron chi connectivity index (χ1n) is 7.86. The maximum Gasteiger partial charge on any atom is 0.129 e. The van der Waals surface area contributed by atoms with E-state index in [0.717, 1.165) is 31.1 Å². The van der Waals surface area contributed by atoms with E-state index in [9.17, 15) is 0 Å². The molecule has 0 amide bonds. The Hall–Kier alpha value is -1.49. The quantitative estimate of drug-likeness (QED) is 0.622. The van der Waals surface area contributed by atoms with Gasteiger partial charge in [0.15, 0.2) is 0 Å². The number of aliphatic imine (C=N–C) groups is 1. The van der Waals surface area contributed by atoms with Crippen molar-refractivity contribution < 1.29 is 0 Å². The highest BCUT2D eigenvalue weighted by Crippen LogP contribution is 2.32. The number of benzene rings is 2. The molecule has 1 aromatic heterocycles. The second-order valence-corrected chi connectivity index (χ2v) is 7.35. The van der Waals surface area contributed by atoms with Crippen LogP contribution in [0.5, 0.6) is 0 Å². The monoisotopic (exact) mass is 374 g/mol. The predicted molar refractivity (Wildman–Crippen MR) is 109 cm³/mol. The zero-order chi connectivity index (χ0) is 15.5. The number of halogens is 1. The highest BCUT2D eigenvalue weighted by molar-refractivity contribution is 7.98. The summed E-state index contributed by atoms with van der Waals surface area (Å²) < 4.78 is 0. The Morgan fingerprint density at radius 2 is 1.96 bits per heavy atom. The molecule has 0 unspecified atom stereocenters. The number of nitrogens with one attached hydrogen (secondary N) is 1. The lowest BCUT2D eigenvalue weighted by molar-refractivity contribution is 0.742. The van der Waals surface area contributed by atoms with Crippen LogP contribution in [0.2, 0.25) is 0 Å². The highest BCUT2D eigenvalue weighted by Gasteiger charge is 2.13. The van der Waals surface area contributed by atoms with Crippen molar-refractivity contribution in [3.05, 3.63) is 64.4 Å². The van der Waals surface area contributed by atoms with E-state index in [4.69, 9.17) is 0 Å². The van der Waals surface area contributed by atoms with E-state index in [2.05, 4.69) is 63.5 Å². The van der Waals surface area contributed by atoms with Crippen molar-refractivity contribution in [2.24, 2.45) is 4.99 Å². The first kappa shape index (κ1) is 17.3. The first-order chi connectivity index (χ1) is 11.4. The molecule has 0 aliphatic carbocycles. The summed E-state index contributed by atoms with van der Waals surface area (Å²) in [4.78, 5) is 5.99. The molecular weight excluding hydrogens is 356 g/mol. The van der Waals surface area contributed by atoms with Gasteiger partial charge in [0, 0.05) is 34.7 Å². The molecular formula is C19H19ClN2S2. The molecule has 124 valence electrons. The predicted octanol–water partition coefficient (Wildman–Crippen LogP) is 5.36. The smallest absolute Gasteiger partial charge is 0.129 e. The summed E-state index contributed by atoms with van der Waals surface area (Å²) in [7, 11) is 0. The van der Waals surface area contributed by atoms with E-state index < -0.39 is 0 Å². The molecule has 2 nitrogen and oxygen atoms in total. The highest BCUT2D eigenvalue weighted by atomic mass is 35.5. The molecule has 0 radical (unpaired) electrons. The van der Waals surface area contributed by atoms with Crippen LogP contribution in [0.1, 0.15) is 17.5 Å². The van der Waals surface area contributed by atoms with Gasteiger partial charge < -0.3 is 5.32 Å². The standard InChI is InChI=1S/C19H18N2S2.ClH/c1-2-7-16-14(5-1)6-3-8-18(16)23-12-15-11-22-13-17(15)19-20-9-4-10-21-19;/h1-3,5-8,11,13H,4,9-10,12H2,(H,20,21);1H. The van der Waals surface area contributed by atoms with E-state index in [0.29, 0.717) is 0 Å². The van der Waals surface area contributed by atoms with Crippen LogP contribution in [0.4, 0.5) is 0 Å². The van der Waals surface area contributed by atoms with Crippen molar-refractivity contribution >= 4 is 52.1 Å². The van der Waals surface area contributed by atoms with Gasteiger partial charge in [0.05, 0.1) is 0 Å². The molecule has 0 atom stereocenters. The molecule has 0 saturated carbocycles. The minimum Gasteiger partial charge on any atom is -0.370 e. The van der Waals surface area contributed by atoms with Crippen molar-refractivity contribution in [1.82, 2.24) is 5.32 Å². The number of rotatable bonds is 4. The summed E-state index contributed by atoms with van der Waals surface area (Å²) in [5, 5.41) is 10.6. The number of nitrogens with zero attached hydrogens (tertiary/aromatic N) is 1. The summed E-state index contributed by atoms with van der Waals surface area (Å²) in [6.07, 6.45) is 1.13. The zero-order valence-electron chi connectivity index (χ0n) is 13.2. The van der Waals surface area contributed by atoms with E-state index in [1.807, 2.05) is 11.8 Å². The van der Waals surface area contributed by atoms with Gasteiger partial charge in [-0.2, -0.15) is 11.3 Å². The lowest BCUT2D eigenvalue weighted by Gasteiger charge is -2.15. The Bertz CT molecular complexity index is 852. The van der Waals surface area contributed by atoms with Crippen molar-refractivity contribution in [1.29, 1.82) is 0 Å². The maximum absolute atomic E-state index is 4.64. The molecule has 4 rings (SSSR count). The van der Waals surface area contributed by atoms with Crippen LogP contribution in [0.15, 0.2) is 63.1 Å². The summed E-state index contributed by atoms with van der Waals surface area (Å²) in [5.41, 5.74) is 2.66. The van der Waals surface area contributed by atoms with Gasteiger partial charge >= 0.3 is 0 Å². The summed E-state index contributed by atoms with van der Waals surface area (Å²) >= 11 is 3.67. The average Bonchev–Trinajstić information content (AvgIpc) is 3.09. The molecule has 1 aliphatic heterocycles. The second kappa shape index (κ2) is 8.06. The fourth-order valence-electron chi connectivity index (χ4n) is 2.83. The Kier molecular flexibility index (Phi) is 5.82. The van der Waals surface area contributed by atoms with E-state index in [1.54, 1.807) is 11.3 Å². The van der Waals surface area contributed by atoms with Gasteiger partial charge in [-0.15, -0.1) is 24.2 Å². The third kappa shape index (κ3) is 3.61. The zero-order valence-corrected chi connectivity index (χ0v) is 15.6. The van der Waals surface area contributed by atoms with Gasteiger partial charge in [-0.3, -0.25) is 4.99 Å². The van der Waals surface area contributed by atoms with Crippen LogP contribution in [0.25, 0.3) is 10.8 Å². The lowest BCUT2D eigenvalue weighted by Crippen LogP contribution is -2.30. The molecule has 2 heterocycles. The van der Waals surface area contributed by atoms with Crippen LogP contribution < -0.4 is 5.32 Å². The van der Waals surface area contributed by atoms with Crippen LogP contribution in [-0.4, -0.2) is 18.9 Å². The largest absolute Gasteiger partial charge is 0.370 e. The Labute approximate surface area is 156 Å². The molecule has 2 aromatic carbocycles. The number of thiophene rings is 1. The SMILES string of the molecule is Cl.c1ccc2c(SCc3cscc3C3=NCCCN3)cccc2c1. The molecule has 1 N–H and O–H groups in total. The first-order valence-corrected chi connectivity index (χ1v) is 9.79. The van der Waals surface area contributed by atoms with Crippen molar-refractivity contribution in [3.63, 3.8) is 0 Å². The lowest BCUT2D eigenvalue weighted by atomic mass is 10.1. The topological polar surface area (TPSA) is 24.4 Å². The number of thioether (sulfide) groups is 1. The average molecular weight is 375 g/mol. The number of fused-ring (bicyclic) bond motifs is 1. The summed E-state index contributed by atoms with van der Waals surface area (Å²) in [5.74, 6) is 2.05. The minimum atomic E-state index is 0. The molecule has 0 saturated heterocycles. The fourth-order valence-corrected chi connectivity index (χ4v) is 4.85. The molecule has 3 aromatic rings. The molecule has 5 heteroatoms. The van der Waals surface area contributed by atoms with Crippen LogP contribution in [-0.2, 0) is 5.75 Å². The second-order valence-electron chi connectivity index (χ2n) is 5.59. The molecule has 0 bridgehead atoms. The summed E-state index contributed by atoms with van der Waals surface area (Å²) in [6.45, 7) is 1.97. The van der Waals surface area contributed by atoms with Crippen LogP contribution in [0, 0.1) is 0 Å². The van der Waals surface area contributed by atoms with Gasteiger partial charge in [-0.25, -0.2) is 0 Å². The number of hydrogen-bond acceptors (Lipinski definition) is 4. The third-order valence-electron chi connectivity index (χ3n) is 4.03. The van der Waals surface area contributed by atoms with Gasteiger partial charge in [-0.05, 0) is 34.2 Å². The Balaban J connectivity index is 0.00000169. The van der Waals surface area contributed by atoms with E-state index in [1.165, 1.54) is 26.8 Å². The van der Waals surface area contributed by atoms with E-state index >= 15 is 0 Å². The molecule has 24 heavy (non-hydrogen) atoms. The van der Waals surface area contributed by atoms with Crippen LogP contribution in [0.3, 0.4) is 0 Å². The molecule has 1 aliphatic rings. The number of amidine groups is 1. The number of hydrogen-bond donors (Lipinski definition) is 1. The van der Waals surface area contributed by atoms with Crippen molar-refractivity contribution in [2.75, 3.05) is 13.1 Å². The molecule has 0 fully saturated rings. The Morgan fingerprint density at radius 1 is 1.08 bits per heavy atom. The molecule has 0 spiro atoms. The van der Waals surface area contributed by atoms with E-state index in [-0.39, 0.29) is 12.4 Å². The summed E-state index contributed by atoms with van der Waals surface area (Å²) in [6, 6.07) is 15.1. The van der Waals surface area contributed by atoms with Crippen LogP contribution >= 0.6 is 35.5 Å². The van der Waals surface area contributed by atoms with Crippen molar-refractivity contribution in [3.8, 4) is 0 Å². The normalized spacial score (nSPS) is 13.9. The van der Waals surface area contributed by atoms with Gasteiger partial charge in [0.1, 0.15) is 5.84 Å². The van der Waals surface area contributed by atoms with Gasteiger partial charge in [-0.1, -0.05) is 36.4 Å². The van der Waals surface area contributed by atoms with Gasteiger partial charge in [0.2, 0.25) is 0 Å². The minimum absolute atomic E-state index is 0. The third-order valence-corrected chi connectivity index (χ3v) is 5.94.